The van der Waals surface area contributed by atoms with Gasteiger partial charge in [0, 0.05) is 26.7 Å². The first-order valence-corrected chi connectivity index (χ1v) is 7.85. The summed E-state index contributed by atoms with van der Waals surface area (Å²) in [5.41, 5.74) is 0. The Balaban J connectivity index is 0.00000400. The van der Waals surface area contributed by atoms with Crippen LogP contribution in [0.4, 0.5) is 0 Å². The summed E-state index contributed by atoms with van der Waals surface area (Å²) in [5, 5.41) is 6.35. The van der Waals surface area contributed by atoms with Gasteiger partial charge in [0.05, 0.1) is 6.54 Å². The van der Waals surface area contributed by atoms with Crippen LogP contribution in [-0.4, -0.2) is 50.0 Å². The SMILES string of the molecule is CN=C(NCCCC(C)C)NCC(=O)N1CCCCC1.I. The van der Waals surface area contributed by atoms with Crippen LogP contribution in [0.5, 0.6) is 0 Å². The Kier molecular flexibility index (Phi) is 11.8. The van der Waals surface area contributed by atoms with Gasteiger partial charge in [0.15, 0.2) is 5.96 Å². The number of carbonyl (C=O) groups is 1. The first kappa shape index (κ1) is 20.5. The fraction of sp³-hybridized carbons (Fsp3) is 0.867. The number of likely N-dealkylation sites (tertiary alicyclic amines) is 1. The van der Waals surface area contributed by atoms with Crippen molar-refractivity contribution in [1.82, 2.24) is 15.5 Å². The van der Waals surface area contributed by atoms with Gasteiger partial charge in [-0.3, -0.25) is 9.79 Å². The quantitative estimate of drug-likeness (QED) is 0.306. The number of rotatable bonds is 6. The zero-order chi connectivity index (χ0) is 14.8. The molecule has 6 heteroatoms. The van der Waals surface area contributed by atoms with E-state index in [0.29, 0.717) is 6.54 Å². The fourth-order valence-corrected chi connectivity index (χ4v) is 2.35. The van der Waals surface area contributed by atoms with Gasteiger partial charge >= 0.3 is 0 Å². The van der Waals surface area contributed by atoms with E-state index in [1.165, 1.54) is 12.8 Å². The Bertz CT molecular complexity index is 315. The second-order valence-corrected chi connectivity index (χ2v) is 5.83. The van der Waals surface area contributed by atoms with Crippen molar-refractivity contribution in [3.05, 3.63) is 0 Å². The number of carbonyl (C=O) groups excluding carboxylic acids is 1. The lowest BCUT2D eigenvalue weighted by molar-refractivity contribution is -0.130. The molecule has 1 aliphatic heterocycles. The number of aliphatic imine (C=N–C) groups is 1. The standard InChI is InChI=1S/C15H30N4O.HI/c1-13(2)8-7-9-17-15(16-3)18-12-14(20)19-10-5-4-6-11-19;/h13H,4-12H2,1-3H3,(H2,16,17,18);1H. The van der Waals surface area contributed by atoms with E-state index in [1.54, 1.807) is 7.05 Å². The first-order valence-electron chi connectivity index (χ1n) is 7.85. The van der Waals surface area contributed by atoms with E-state index in [9.17, 15) is 4.79 Å². The highest BCUT2D eigenvalue weighted by atomic mass is 127. The van der Waals surface area contributed by atoms with E-state index in [1.807, 2.05) is 4.90 Å². The smallest absolute Gasteiger partial charge is 0.241 e. The number of guanidine groups is 1. The van der Waals surface area contributed by atoms with Crippen LogP contribution in [0, 0.1) is 5.92 Å². The summed E-state index contributed by atoms with van der Waals surface area (Å²) in [7, 11) is 1.74. The predicted molar refractivity (Wildman–Crippen MR) is 99.3 cm³/mol. The Morgan fingerprint density at radius 2 is 1.86 bits per heavy atom. The minimum atomic E-state index is 0. The van der Waals surface area contributed by atoms with E-state index < -0.39 is 0 Å². The molecule has 0 aromatic rings. The van der Waals surface area contributed by atoms with E-state index in [0.717, 1.165) is 50.8 Å². The van der Waals surface area contributed by atoms with Crippen LogP contribution in [0.3, 0.4) is 0 Å². The van der Waals surface area contributed by atoms with Crippen molar-refractivity contribution >= 4 is 35.8 Å². The third-order valence-electron chi connectivity index (χ3n) is 3.59. The van der Waals surface area contributed by atoms with Crippen LogP contribution in [0.1, 0.15) is 46.0 Å². The van der Waals surface area contributed by atoms with Crippen LogP contribution >= 0.6 is 24.0 Å². The average molecular weight is 410 g/mol. The van der Waals surface area contributed by atoms with Gasteiger partial charge in [0.1, 0.15) is 0 Å². The summed E-state index contributed by atoms with van der Waals surface area (Å²) in [4.78, 5) is 18.1. The van der Waals surface area contributed by atoms with Crippen molar-refractivity contribution in [2.45, 2.75) is 46.0 Å². The van der Waals surface area contributed by atoms with Crippen molar-refractivity contribution in [2.24, 2.45) is 10.9 Å². The van der Waals surface area contributed by atoms with Gasteiger partial charge in [-0.05, 0) is 38.0 Å². The molecule has 0 saturated carbocycles. The van der Waals surface area contributed by atoms with Crippen molar-refractivity contribution in [3.8, 4) is 0 Å². The van der Waals surface area contributed by atoms with Crippen molar-refractivity contribution < 1.29 is 4.79 Å². The topological polar surface area (TPSA) is 56.7 Å². The van der Waals surface area contributed by atoms with Crippen LogP contribution in [-0.2, 0) is 4.79 Å². The van der Waals surface area contributed by atoms with Crippen molar-refractivity contribution in [1.29, 1.82) is 0 Å². The van der Waals surface area contributed by atoms with Gasteiger partial charge in [0.2, 0.25) is 5.91 Å². The third-order valence-corrected chi connectivity index (χ3v) is 3.59. The summed E-state index contributed by atoms with van der Waals surface area (Å²) < 4.78 is 0. The van der Waals surface area contributed by atoms with Crippen LogP contribution in [0.25, 0.3) is 0 Å². The molecule has 1 rings (SSSR count). The molecular weight excluding hydrogens is 379 g/mol. The van der Waals surface area contributed by atoms with E-state index >= 15 is 0 Å². The van der Waals surface area contributed by atoms with E-state index in [2.05, 4.69) is 29.5 Å². The Morgan fingerprint density at radius 3 is 2.43 bits per heavy atom. The third kappa shape index (κ3) is 9.16. The molecule has 1 heterocycles. The molecule has 2 N–H and O–H groups in total. The van der Waals surface area contributed by atoms with Crippen LogP contribution in [0.15, 0.2) is 4.99 Å². The second-order valence-electron chi connectivity index (χ2n) is 5.83. The minimum Gasteiger partial charge on any atom is -0.356 e. The van der Waals surface area contributed by atoms with Gasteiger partial charge in [-0.25, -0.2) is 0 Å². The molecule has 0 unspecified atom stereocenters. The first-order chi connectivity index (χ1) is 9.63. The van der Waals surface area contributed by atoms with E-state index in [4.69, 9.17) is 0 Å². The van der Waals surface area contributed by atoms with Gasteiger partial charge in [-0.15, -0.1) is 24.0 Å². The zero-order valence-corrected chi connectivity index (χ0v) is 16.0. The Labute approximate surface area is 146 Å². The monoisotopic (exact) mass is 410 g/mol. The number of hydrogen-bond acceptors (Lipinski definition) is 2. The highest BCUT2D eigenvalue weighted by molar-refractivity contribution is 14.0. The molecule has 0 aromatic carbocycles. The zero-order valence-electron chi connectivity index (χ0n) is 13.7. The minimum absolute atomic E-state index is 0. The fourth-order valence-electron chi connectivity index (χ4n) is 2.35. The number of hydrogen-bond donors (Lipinski definition) is 2. The Hall–Kier alpha value is -0.530. The highest BCUT2D eigenvalue weighted by Gasteiger charge is 2.16. The number of nitrogens with zero attached hydrogens (tertiary/aromatic N) is 2. The lowest BCUT2D eigenvalue weighted by Crippen LogP contribution is -2.46. The molecule has 0 bridgehead atoms. The summed E-state index contributed by atoms with van der Waals surface area (Å²) in [5.74, 6) is 1.63. The number of amides is 1. The molecule has 0 spiro atoms. The molecule has 21 heavy (non-hydrogen) atoms. The van der Waals surface area contributed by atoms with Gasteiger partial charge in [-0.2, -0.15) is 0 Å². The summed E-state index contributed by atoms with van der Waals surface area (Å²) >= 11 is 0. The van der Waals surface area contributed by atoms with Crippen molar-refractivity contribution in [3.63, 3.8) is 0 Å². The molecule has 0 aromatic heterocycles. The lowest BCUT2D eigenvalue weighted by atomic mass is 10.1. The normalized spacial score (nSPS) is 15.6. The molecule has 1 saturated heterocycles. The molecule has 1 fully saturated rings. The molecule has 0 radical (unpaired) electrons. The van der Waals surface area contributed by atoms with Crippen LogP contribution in [0.2, 0.25) is 0 Å². The molecule has 124 valence electrons. The Morgan fingerprint density at radius 1 is 1.19 bits per heavy atom. The number of piperidine rings is 1. The molecule has 0 aliphatic carbocycles. The highest BCUT2D eigenvalue weighted by Crippen LogP contribution is 2.08. The lowest BCUT2D eigenvalue weighted by Gasteiger charge is -2.27. The molecule has 1 aliphatic rings. The summed E-state index contributed by atoms with van der Waals surface area (Å²) in [6, 6.07) is 0. The summed E-state index contributed by atoms with van der Waals surface area (Å²) in [6.45, 7) is 7.50. The number of halogens is 1. The van der Waals surface area contributed by atoms with E-state index in [-0.39, 0.29) is 29.9 Å². The average Bonchev–Trinajstić information content (AvgIpc) is 2.47. The molecule has 1 amide bonds. The van der Waals surface area contributed by atoms with Crippen molar-refractivity contribution in [2.75, 3.05) is 33.2 Å². The number of nitrogens with one attached hydrogen (secondary N) is 2. The maximum Gasteiger partial charge on any atom is 0.241 e. The predicted octanol–water partition coefficient (Wildman–Crippen LogP) is 2.22. The molecule has 5 nitrogen and oxygen atoms in total. The van der Waals surface area contributed by atoms with Gasteiger partial charge < -0.3 is 15.5 Å². The largest absolute Gasteiger partial charge is 0.356 e. The molecular formula is C15H31IN4O. The van der Waals surface area contributed by atoms with Crippen LogP contribution < -0.4 is 10.6 Å². The second kappa shape index (κ2) is 12.1. The summed E-state index contributed by atoms with van der Waals surface area (Å²) in [6.07, 6.45) is 5.84. The van der Waals surface area contributed by atoms with Gasteiger partial charge in [0.25, 0.3) is 0 Å². The maximum absolute atomic E-state index is 12.0. The van der Waals surface area contributed by atoms with Gasteiger partial charge in [-0.1, -0.05) is 13.8 Å². The maximum atomic E-state index is 12.0. The molecule has 0 atom stereocenters.